The van der Waals surface area contributed by atoms with E-state index < -0.39 is 0 Å². The Balaban J connectivity index is 1.20. The van der Waals surface area contributed by atoms with Crippen LogP contribution in [0.15, 0.2) is 109 Å². The predicted octanol–water partition coefficient (Wildman–Crippen LogP) is 6.94. The average Bonchev–Trinajstić information content (AvgIpc) is 2.89. The van der Waals surface area contributed by atoms with E-state index in [-0.39, 0.29) is 18.1 Å². The summed E-state index contributed by atoms with van der Waals surface area (Å²) in [6.45, 7) is 3.64. The number of ether oxygens (including phenoxy) is 1. The first kappa shape index (κ1) is 23.1. The first-order valence-electron chi connectivity index (χ1n) is 12.5. The molecule has 0 saturated carbocycles. The maximum atomic E-state index is 12.8. The van der Waals surface area contributed by atoms with Crippen molar-refractivity contribution in [3.05, 3.63) is 131 Å². The molecule has 1 fully saturated rings. The van der Waals surface area contributed by atoms with Gasteiger partial charge in [-0.25, -0.2) is 4.79 Å². The van der Waals surface area contributed by atoms with Crippen molar-refractivity contribution in [2.45, 2.75) is 31.9 Å². The molecule has 5 rings (SSSR count). The van der Waals surface area contributed by atoms with E-state index in [2.05, 4.69) is 84.6 Å². The Hall–Kier alpha value is -3.69. The molecule has 0 atom stereocenters. The Kier molecular flexibility index (Phi) is 7.06. The maximum Gasteiger partial charge on any atom is 0.338 e. The van der Waals surface area contributed by atoms with Crippen LogP contribution < -0.4 is 0 Å². The summed E-state index contributed by atoms with van der Waals surface area (Å²) in [5.74, 6) is -0.254. The summed E-state index contributed by atoms with van der Waals surface area (Å²) in [5, 5.41) is 0. The highest BCUT2D eigenvalue weighted by Gasteiger charge is 2.36. The standard InChI is InChI=1S/C32H31NO2/c1-2-9-24-14-16-25(17-15-24)26-18-20-29(21-19-26)32(34)35-30-22-33(23-30)31(27-10-5-3-6-11-27)28-12-7-4-8-13-28/h3-8,10-21,30-31H,2,9,22-23H2,1H3. The van der Waals surface area contributed by atoms with Crippen molar-refractivity contribution in [1.29, 1.82) is 0 Å². The molecule has 1 saturated heterocycles. The fraction of sp³-hybridized carbons (Fsp3) is 0.219. The molecule has 0 spiro atoms. The van der Waals surface area contributed by atoms with Crippen LogP contribution >= 0.6 is 0 Å². The first-order chi connectivity index (χ1) is 17.2. The minimum atomic E-state index is -0.254. The van der Waals surface area contributed by atoms with E-state index in [1.807, 2.05) is 36.4 Å². The Morgan fingerprint density at radius 3 is 1.80 bits per heavy atom. The van der Waals surface area contributed by atoms with E-state index in [1.54, 1.807) is 0 Å². The molecular formula is C32H31NO2. The highest BCUT2D eigenvalue weighted by Crippen LogP contribution is 2.33. The summed E-state index contributed by atoms with van der Waals surface area (Å²) in [4.78, 5) is 15.2. The quantitative estimate of drug-likeness (QED) is 0.266. The Labute approximate surface area is 208 Å². The molecule has 176 valence electrons. The van der Waals surface area contributed by atoms with Crippen molar-refractivity contribution in [2.75, 3.05) is 13.1 Å². The maximum absolute atomic E-state index is 12.8. The topological polar surface area (TPSA) is 29.5 Å². The summed E-state index contributed by atoms with van der Waals surface area (Å²) in [6, 6.07) is 37.6. The number of benzene rings is 4. The first-order valence-corrected chi connectivity index (χ1v) is 12.5. The van der Waals surface area contributed by atoms with Gasteiger partial charge in [0.05, 0.1) is 11.6 Å². The highest BCUT2D eigenvalue weighted by molar-refractivity contribution is 5.90. The van der Waals surface area contributed by atoms with Crippen LogP contribution in [0.2, 0.25) is 0 Å². The lowest BCUT2D eigenvalue weighted by atomic mass is 9.94. The van der Waals surface area contributed by atoms with Crippen LogP contribution in [0.1, 0.15) is 46.4 Å². The molecule has 0 amide bonds. The number of carbonyl (C=O) groups is 1. The van der Waals surface area contributed by atoms with Crippen molar-refractivity contribution in [2.24, 2.45) is 0 Å². The summed E-state index contributed by atoms with van der Waals surface area (Å²) in [7, 11) is 0. The third-order valence-corrected chi connectivity index (χ3v) is 6.69. The predicted molar refractivity (Wildman–Crippen MR) is 141 cm³/mol. The lowest BCUT2D eigenvalue weighted by Crippen LogP contribution is -2.54. The van der Waals surface area contributed by atoms with Crippen LogP contribution in [-0.4, -0.2) is 30.1 Å². The Morgan fingerprint density at radius 1 is 0.771 bits per heavy atom. The number of likely N-dealkylation sites (tertiary alicyclic amines) is 1. The number of aryl methyl sites for hydroxylation is 1. The smallest absolute Gasteiger partial charge is 0.338 e. The van der Waals surface area contributed by atoms with E-state index in [0.717, 1.165) is 37.1 Å². The summed E-state index contributed by atoms with van der Waals surface area (Å²) < 4.78 is 5.83. The van der Waals surface area contributed by atoms with E-state index >= 15 is 0 Å². The molecule has 0 N–H and O–H groups in total. The summed E-state index contributed by atoms with van der Waals surface area (Å²) in [6.07, 6.45) is 2.15. The second kappa shape index (κ2) is 10.7. The van der Waals surface area contributed by atoms with Crippen LogP contribution in [0.3, 0.4) is 0 Å². The van der Waals surface area contributed by atoms with Crippen LogP contribution in [-0.2, 0) is 11.2 Å². The van der Waals surface area contributed by atoms with Gasteiger partial charge in [0, 0.05) is 13.1 Å². The summed E-state index contributed by atoms with van der Waals surface area (Å²) >= 11 is 0. The largest absolute Gasteiger partial charge is 0.456 e. The zero-order valence-corrected chi connectivity index (χ0v) is 20.1. The van der Waals surface area contributed by atoms with Gasteiger partial charge in [-0.1, -0.05) is 110 Å². The zero-order chi connectivity index (χ0) is 24.0. The zero-order valence-electron chi connectivity index (χ0n) is 20.1. The highest BCUT2D eigenvalue weighted by atomic mass is 16.5. The van der Waals surface area contributed by atoms with Crippen molar-refractivity contribution in [1.82, 2.24) is 4.90 Å². The second-order valence-electron chi connectivity index (χ2n) is 9.23. The SMILES string of the molecule is CCCc1ccc(-c2ccc(C(=O)OC3CN(C(c4ccccc4)c4ccccc4)C3)cc2)cc1. The van der Waals surface area contributed by atoms with Crippen molar-refractivity contribution in [3.63, 3.8) is 0 Å². The second-order valence-corrected chi connectivity index (χ2v) is 9.23. The number of hydrogen-bond donors (Lipinski definition) is 0. The lowest BCUT2D eigenvalue weighted by molar-refractivity contribution is -0.0419. The molecule has 1 aliphatic heterocycles. The van der Waals surface area contributed by atoms with Crippen LogP contribution in [0, 0.1) is 0 Å². The van der Waals surface area contributed by atoms with Crippen molar-refractivity contribution in [3.8, 4) is 11.1 Å². The van der Waals surface area contributed by atoms with Gasteiger partial charge >= 0.3 is 5.97 Å². The molecule has 0 aromatic heterocycles. The number of nitrogens with zero attached hydrogens (tertiary/aromatic N) is 1. The van der Waals surface area contributed by atoms with Crippen molar-refractivity contribution >= 4 is 5.97 Å². The minimum absolute atomic E-state index is 0.0942. The fourth-order valence-electron chi connectivity index (χ4n) is 4.81. The molecule has 4 aromatic rings. The third-order valence-electron chi connectivity index (χ3n) is 6.69. The van der Waals surface area contributed by atoms with Gasteiger partial charge in [0.25, 0.3) is 0 Å². The Morgan fingerprint density at radius 2 is 1.29 bits per heavy atom. The molecule has 4 aromatic carbocycles. The number of esters is 1. The van der Waals surface area contributed by atoms with E-state index in [1.165, 1.54) is 16.7 Å². The third kappa shape index (κ3) is 5.36. The summed E-state index contributed by atoms with van der Waals surface area (Å²) in [5.41, 5.74) is 6.72. The molecular weight excluding hydrogens is 430 g/mol. The van der Waals surface area contributed by atoms with E-state index in [0.29, 0.717) is 5.56 Å². The molecule has 0 bridgehead atoms. The minimum Gasteiger partial charge on any atom is -0.456 e. The van der Waals surface area contributed by atoms with Gasteiger partial charge in [0.15, 0.2) is 0 Å². The molecule has 3 heteroatoms. The molecule has 0 radical (unpaired) electrons. The monoisotopic (exact) mass is 461 g/mol. The van der Waals surface area contributed by atoms with Gasteiger partial charge in [-0.2, -0.15) is 0 Å². The average molecular weight is 462 g/mol. The van der Waals surface area contributed by atoms with Crippen molar-refractivity contribution < 1.29 is 9.53 Å². The molecule has 0 unspecified atom stereocenters. The van der Waals surface area contributed by atoms with Crippen LogP contribution in [0.4, 0.5) is 0 Å². The van der Waals surface area contributed by atoms with Gasteiger partial charge in [-0.3, -0.25) is 4.90 Å². The lowest BCUT2D eigenvalue weighted by Gasteiger charge is -2.44. The number of carbonyl (C=O) groups excluding carboxylic acids is 1. The van der Waals surface area contributed by atoms with Crippen LogP contribution in [0.5, 0.6) is 0 Å². The van der Waals surface area contributed by atoms with Gasteiger partial charge < -0.3 is 4.74 Å². The number of hydrogen-bond acceptors (Lipinski definition) is 3. The molecule has 3 nitrogen and oxygen atoms in total. The van der Waals surface area contributed by atoms with Crippen LogP contribution in [0.25, 0.3) is 11.1 Å². The molecule has 35 heavy (non-hydrogen) atoms. The Bertz CT molecular complexity index is 1190. The van der Waals surface area contributed by atoms with Gasteiger partial charge in [-0.15, -0.1) is 0 Å². The van der Waals surface area contributed by atoms with E-state index in [9.17, 15) is 4.79 Å². The fourth-order valence-corrected chi connectivity index (χ4v) is 4.81. The van der Waals surface area contributed by atoms with Gasteiger partial charge in [0.2, 0.25) is 0 Å². The van der Waals surface area contributed by atoms with E-state index in [4.69, 9.17) is 4.74 Å². The molecule has 1 aliphatic rings. The molecule has 0 aliphatic carbocycles. The molecule has 1 heterocycles. The normalized spacial score (nSPS) is 14.0. The van der Waals surface area contributed by atoms with Gasteiger partial charge in [0.1, 0.15) is 6.10 Å². The number of rotatable bonds is 8. The van der Waals surface area contributed by atoms with Gasteiger partial charge in [-0.05, 0) is 46.4 Å².